The summed E-state index contributed by atoms with van der Waals surface area (Å²) in [5.41, 5.74) is 1.12. The van der Waals surface area contributed by atoms with Crippen molar-refractivity contribution in [1.29, 1.82) is 0 Å². The molecule has 0 aliphatic carbocycles. The summed E-state index contributed by atoms with van der Waals surface area (Å²) in [6.45, 7) is 2.15. The molecule has 3 rings (SSSR count). The van der Waals surface area contributed by atoms with E-state index in [1.165, 1.54) is 6.07 Å². The van der Waals surface area contributed by atoms with Crippen LogP contribution in [0, 0.1) is 6.92 Å². The summed E-state index contributed by atoms with van der Waals surface area (Å²) < 4.78 is 46.8. The molecule has 2 heterocycles. The van der Waals surface area contributed by atoms with Gasteiger partial charge in [0.1, 0.15) is 0 Å². The highest BCUT2D eigenvalue weighted by Gasteiger charge is 2.41. The van der Waals surface area contributed by atoms with Gasteiger partial charge in [0.15, 0.2) is 12.0 Å². The predicted molar refractivity (Wildman–Crippen MR) is 85.4 cm³/mol. The SMILES string of the molecule is Cc1ccccc1-n1ncc(C(=O)NOC2CCCCO2)c1C(F)(F)F. The Morgan fingerprint density at radius 1 is 1.35 bits per heavy atom. The molecule has 1 atom stereocenters. The topological polar surface area (TPSA) is 65.4 Å². The molecular weight excluding hydrogens is 351 g/mol. The van der Waals surface area contributed by atoms with Crippen molar-refractivity contribution >= 4 is 5.91 Å². The molecular formula is C17H18F3N3O3. The van der Waals surface area contributed by atoms with Gasteiger partial charge in [-0.2, -0.15) is 18.3 Å². The second-order valence-corrected chi connectivity index (χ2v) is 5.95. The zero-order valence-corrected chi connectivity index (χ0v) is 14.0. The molecule has 140 valence electrons. The summed E-state index contributed by atoms with van der Waals surface area (Å²) in [4.78, 5) is 17.3. The Morgan fingerprint density at radius 3 is 2.77 bits per heavy atom. The number of para-hydroxylation sites is 1. The second kappa shape index (κ2) is 7.46. The summed E-state index contributed by atoms with van der Waals surface area (Å²) in [5, 5.41) is 3.78. The minimum atomic E-state index is -4.77. The van der Waals surface area contributed by atoms with Gasteiger partial charge in [0.25, 0.3) is 5.91 Å². The molecule has 1 aliphatic rings. The molecule has 9 heteroatoms. The van der Waals surface area contributed by atoms with Crippen LogP contribution in [0.4, 0.5) is 13.2 Å². The van der Waals surface area contributed by atoms with E-state index in [0.717, 1.165) is 23.7 Å². The lowest BCUT2D eigenvalue weighted by Crippen LogP contribution is -2.34. The van der Waals surface area contributed by atoms with Gasteiger partial charge in [0.2, 0.25) is 0 Å². The first kappa shape index (κ1) is 18.4. The van der Waals surface area contributed by atoms with Crippen molar-refractivity contribution in [3.05, 3.63) is 47.3 Å². The quantitative estimate of drug-likeness (QED) is 0.839. The van der Waals surface area contributed by atoms with Gasteiger partial charge in [-0.25, -0.2) is 15.0 Å². The maximum atomic E-state index is 13.6. The molecule has 1 amide bonds. The molecule has 1 aromatic carbocycles. The number of nitrogens with one attached hydrogen (secondary N) is 1. The Balaban J connectivity index is 1.87. The first-order valence-electron chi connectivity index (χ1n) is 8.16. The molecule has 26 heavy (non-hydrogen) atoms. The van der Waals surface area contributed by atoms with Gasteiger partial charge in [0.05, 0.1) is 17.4 Å². The number of carbonyl (C=O) groups excluding carboxylic acids is 1. The molecule has 1 unspecified atom stereocenters. The van der Waals surface area contributed by atoms with Gasteiger partial charge in [-0.1, -0.05) is 18.2 Å². The molecule has 6 nitrogen and oxygen atoms in total. The highest BCUT2D eigenvalue weighted by Crippen LogP contribution is 2.34. The number of hydrogen-bond acceptors (Lipinski definition) is 4. The second-order valence-electron chi connectivity index (χ2n) is 5.95. The van der Waals surface area contributed by atoms with Crippen molar-refractivity contribution in [1.82, 2.24) is 15.3 Å². The molecule has 2 aromatic rings. The van der Waals surface area contributed by atoms with Gasteiger partial charge in [0, 0.05) is 13.0 Å². The summed E-state index contributed by atoms with van der Waals surface area (Å²) in [7, 11) is 0. The van der Waals surface area contributed by atoms with E-state index >= 15 is 0 Å². The average Bonchev–Trinajstić information content (AvgIpc) is 3.06. The smallest absolute Gasteiger partial charge is 0.350 e. The van der Waals surface area contributed by atoms with Gasteiger partial charge in [-0.15, -0.1) is 0 Å². The van der Waals surface area contributed by atoms with E-state index in [2.05, 4.69) is 5.10 Å². The number of hydroxylamine groups is 1. The largest absolute Gasteiger partial charge is 0.434 e. The van der Waals surface area contributed by atoms with E-state index in [1.807, 2.05) is 5.48 Å². The van der Waals surface area contributed by atoms with Crippen LogP contribution in [0.2, 0.25) is 0 Å². The van der Waals surface area contributed by atoms with Crippen LogP contribution in [0.25, 0.3) is 5.69 Å². The van der Waals surface area contributed by atoms with Crippen LogP contribution >= 0.6 is 0 Å². The number of aryl methyl sites for hydroxylation is 1. The zero-order valence-electron chi connectivity index (χ0n) is 14.0. The molecule has 1 saturated heterocycles. The fourth-order valence-corrected chi connectivity index (χ4v) is 2.75. The van der Waals surface area contributed by atoms with E-state index in [-0.39, 0.29) is 5.69 Å². The van der Waals surface area contributed by atoms with Gasteiger partial charge < -0.3 is 4.74 Å². The number of nitrogens with zero attached hydrogens (tertiary/aromatic N) is 2. The molecule has 1 fully saturated rings. The maximum Gasteiger partial charge on any atom is 0.434 e. The number of benzene rings is 1. The van der Waals surface area contributed by atoms with Crippen molar-refractivity contribution in [2.75, 3.05) is 6.61 Å². The normalized spacial score (nSPS) is 17.9. The van der Waals surface area contributed by atoms with Crippen LogP contribution in [0.1, 0.15) is 40.9 Å². The number of aromatic nitrogens is 2. The van der Waals surface area contributed by atoms with Crippen molar-refractivity contribution in [2.45, 2.75) is 38.7 Å². The molecule has 0 saturated carbocycles. The van der Waals surface area contributed by atoms with Crippen LogP contribution < -0.4 is 5.48 Å². The lowest BCUT2D eigenvalue weighted by atomic mass is 10.2. The van der Waals surface area contributed by atoms with Gasteiger partial charge in [-0.3, -0.25) is 4.79 Å². The Hall–Kier alpha value is -2.39. The minimum Gasteiger partial charge on any atom is -0.350 e. The van der Waals surface area contributed by atoms with E-state index in [1.54, 1.807) is 25.1 Å². The number of rotatable bonds is 4. The van der Waals surface area contributed by atoms with E-state index in [9.17, 15) is 18.0 Å². The fourth-order valence-electron chi connectivity index (χ4n) is 2.75. The van der Waals surface area contributed by atoms with E-state index in [0.29, 0.717) is 18.6 Å². The maximum absolute atomic E-state index is 13.6. The Kier molecular flexibility index (Phi) is 5.28. The predicted octanol–water partition coefficient (Wildman–Crippen LogP) is 3.39. The van der Waals surface area contributed by atoms with Crippen molar-refractivity contribution in [3.63, 3.8) is 0 Å². The van der Waals surface area contributed by atoms with Gasteiger partial charge >= 0.3 is 6.18 Å². The summed E-state index contributed by atoms with van der Waals surface area (Å²) in [6, 6.07) is 6.49. The first-order chi connectivity index (χ1) is 12.4. The Labute approximate surface area is 147 Å². The van der Waals surface area contributed by atoms with Crippen molar-refractivity contribution in [2.24, 2.45) is 0 Å². The number of hydrogen-bond donors (Lipinski definition) is 1. The van der Waals surface area contributed by atoms with Crippen molar-refractivity contribution < 1.29 is 27.5 Å². The molecule has 0 radical (unpaired) electrons. The van der Waals surface area contributed by atoms with Crippen LogP contribution in [-0.4, -0.2) is 28.6 Å². The molecule has 1 aliphatic heterocycles. The average molecular weight is 369 g/mol. The van der Waals surface area contributed by atoms with Crippen LogP contribution in [-0.2, 0) is 15.8 Å². The third-order valence-electron chi connectivity index (χ3n) is 4.05. The minimum absolute atomic E-state index is 0.246. The highest BCUT2D eigenvalue weighted by atomic mass is 19.4. The summed E-state index contributed by atoms with van der Waals surface area (Å²) >= 11 is 0. The zero-order chi connectivity index (χ0) is 18.7. The monoisotopic (exact) mass is 369 g/mol. The van der Waals surface area contributed by atoms with Crippen molar-refractivity contribution in [3.8, 4) is 5.69 Å². The van der Waals surface area contributed by atoms with Crippen LogP contribution in [0.3, 0.4) is 0 Å². The lowest BCUT2D eigenvalue weighted by Gasteiger charge is -2.22. The van der Waals surface area contributed by atoms with Crippen LogP contribution in [0.15, 0.2) is 30.5 Å². The Bertz CT molecular complexity index is 783. The molecule has 0 spiro atoms. The van der Waals surface area contributed by atoms with E-state index in [4.69, 9.17) is 9.57 Å². The number of alkyl halides is 3. The first-order valence-corrected chi connectivity index (χ1v) is 8.16. The number of carbonyl (C=O) groups is 1. The third-order valence-corrected chi connectivity index (χ3v) is 4.05. The Morgan fingerprint density at radius 2 is 2.12 bits per heavy atom. The third kappa shape index (κ3) is 3.88. The molecule has 0 bridgehead atoms. The van der Waals surface area contributed by atoms with E-state index < -0.39 is 29.6 Å². The lowest BCUT2D eigenvalue weighted by molar-refractivity contribution is -0.186. The van der Waals surface area contributed by atoms with Crippen LogP contribution in [0.5, 0.6) is 0 Å². The fraction of sp³-hybridized carbons (Fsp3) is 0.412. The number of amides is 1. The summed E-state index contributed by atoms with van der Waals surface area (Å²) in [6.07, 6.45) is -2.24. The summed E-state index contributed by atoms with van der Waals surface area (Å²) in [5.74, 6) is -1.02. The highest BCUT2D eigenvalue weighted by molar-refractivity contribution is 5.94. The number of ether oxygens (including phenoxy) is 1. The molecule has 1 N–H and O–H groups in total. The number of halogens is 3. The standard InChI is InChI=1S/C17H18F3N3O3/c1-11-6-2-3-7-13(11)23-15(17(18,19)20)12(10-21-23)16(24)22-26-14-8-4-5-9-25-14/h2-3,6-7,10,14H,4-5,8-9H2,1H3,(H,22,24). The van der Waals surface area contributed by atoms with Gasteiger partial charge in [-0.05, 0) is 31.4 Å². The molecule has 1 aromatic heterocycles.